The smallest absolute Gasteiger partial charge is 0.261 e. The summed E-state index contributed by atoms with van der Waals surface area (Å²) in [6.07, 6.45) is 2.84. The maximum absolute atomic E-state index is 13.0. The molecule has 0 spiro atoms. The van der Waals surface area contributed by atoms with Crippen LogP contribution in [0, 0.1) is 6.92 Å². The number of rotatable bonds is 10. The van der Waals surface area contributed by atoms with Gasteiger partial charge >= 0.3 is 0 Å². The Balaban J connectivity index is 1.82. The molecule has 0 bridgehead atoms. The van der Waals surface area contributed by atoms with E-state index in [1.54, 1.807) is 36.4 Å². The molecule has 0 radical (unpaired) electrons. The molecule has 8 heteroatoms. The van der Waals surface area contributed by atoms with Gasteiger partial charge in [-0.1, -0.05) is 17.7 Å². The minimum atomic E-state index is -3.78. The van der Waals surface area contributed by atoms with Gasteiger partial charge in [-0.05, 0) is 63.4 Å². The third kappa shape index (κ3) is 6.21. The van der Waals surface area contributed by atoms with Gasteiger partial charge in [-0.2, -0.15) is 0 Å². The van der Waals surface area contributed by atoms with Crippen LogP contribution in [-0.2, 0) is 14.8 Å². The van der Waals surface area contributed by atoms with Crippen molar-refractivity contribution in [3.63, 3.8) is 0 Å². The number of hydrogen-bond acceptors (Lipinski definition) is 5. The summed E-state index contributed by atoms with van der Waals surface area (Å²) in [5.41, 5.74) is 2.62. The summed E-state index contributed by atoms with van der Waals surface area (Å²) in [6, 6.07) is 11.9. The van der Waals surface area contributed by atoms with E-state index in [1.807, 2.05) is 19.9 Å². The monoisotopic (exact) mass is 445 g/mol. The number of nitrogens with zero attached hydrogens (tertiary/aromatic N) is 1. The molecular weight excluding hydrogens is 414 g/mol. The van der Waals surface area contributed by atoms with Crippen LogP contribution in [0.3, 0.4) is 0 Å². The highest BCUT2D eigenvalue weighted by Gasteiger charge is 2.22. The van der Waals surface area contributed by atoms with Crippen molar-refractivity contribution in [2.75, 3.05) is 42.5 Å². The Labute approximate surface area is 184 Å². The number of carbonyl (C=O) groups is 1. The zero-order chi connectivity index (χ0) is 22.3. The summed E-state index contributed by atoms with van der Waals surface area (Å²) < 4.78 is 34.0. The van der Waals surface area contributed by atoms with Crippen LogP contribution >= 0.6 is 0 Å². The molecule has 0 atom stereocenters. The van der Waals surface area contributed by atoms with E-state index in [4.69, 9.17) is 4.74 Å². The van der Waals surface area contributed by atoms with E-state index >= 15 is 0 Å². The summed E-state index contributed by atoms with van der Waals surface area (Å²) in [5.74, 6) is -0.236. The van der Waals surface area contributed by atoms with E-state index in [9.17, 15) is 13.2 Å². The molecule has 1 aliphatic heterocycles. The fourth-order valence-electron chi connectivity index (χ4n) is 3.54. The summed E-state index contributed by atoms with van der Waals surface area (Å²) in [7, 11) is -3.78. The molecule has 0 aromatic heterocycles. The molecule has 1 aliphatic rings. The van der Waals surface area contributed by atoms with Gasteiger partial charge in [-0.3, -0.25) is 9.52 Å². The molecule has 1 saturated heterocycles. The van der Waals surface area contributed by atoms with E-state index < -0.39 is 10.0 Å². The largest absolute Gasteiger partial charge is 0.382 e. The van der Waals surface area contributed by atoms with Crippen LogP contribution in [0.4, 0.5) is 11.4 Å². The van der Waals surface area contributed by atoms with E-state index in [0.29, 0.717) is 31.0 Å². The van der Waals surface area contributed by atoms with Gasteiger partial charge in [-0.15, -0.1) is 0 Å². The van der Waals surface area contributed by atoms with Crippen molar-refractivity contribution in [1.29, 1.82) is 0 Å². The highest BCUT2D eigenvalue weighted by molar-refractivity contribution is 7.92. The fourth-order valence-corrected chi connectivity index (χ4v) is 4.60. The van der Waals surface area contributed by atoms with Crippen molar-refractivity contribution in [3.8, 4) is 0 Å². The summed E-state index contributed by atoms with van der Waals surface area (Å²) in [4.78, 5) is 14.9. The Hall–Kier alpha value is -2.58. The Morgan fingerprint density at radius 1 is 1.10 bits per heavy atom. The van der Waals surface area contributed by atoms with Crippen molar-refractivity contribution in [1.82, 2.24) is 5.32 Å². The molecule has 168 valence electrons. The third-order valence-electron chi connectivity index (χ3n) is 5.24. The Kier molecular flexibility index (Phi) is 7.92. The average Bonchev–Trinajstić information content (AvgIpc) is 3.28. The fraction of sp³-hybridized carbons (Fsp3) is 0.435. The molecule has 0 aliphatic carbocycles. The number of anilines is 2. The first-order valence-corrected chi connectivity index (χ1v) is 12.2. The quantitative estimate of drug-likeness (QED) is 0.546. The second-order valence-electron chi connectivity index (χ2n) is 7.65. The number of nitrogens with one attached hydrogen (secondary N) is 2. The SMILES string of the molecule is CCOCCCNC(=O)c1ccc(N2CCCC2)c(NS(=O)(=O)c2ccc(C)cc2)c1. The molecule has 0 unspecified atom stereocenters. The van der Waals surface area contributed by atoms with Gasteiger partial charge in [0.25, 0.3) is 15.9 Å². The first-order valence-electron chi connectivity index (χ1n) is 10.7. The zero-order valence-corrected chi connectivity index (χ0v) is 19.0. The topological polar surface area (TPSA) is 87.7 Å². The van der Waals surface area contributed by atoms with Gasteiger partial charge in [-0.25, -0.2) is 8.42 Å². The number of benzene rings is 2. The molecule has 7 nitrogen and oxygen atoms in total. The molecule has 2 aromatic rings. The highest BCUT2D eigenvalue weighted by atomic mass is 32.2. The molecule has 1 heterocycles. The van der Waals surface area contributed by atoms with Crippen molar-refractivity contribution in [2.45, 2.75) is 38.0 Å². The summed E-state index contributed by atoms with van der Waals surface area (Å²) in [5, 5.41) is 2.87. The number of ether oxygens (including phenoxy) is 1. The maximum Gasteiger partial charge on any atom is 0.261 e. The van der Waals surface area contributed by atoms with Crippen LogP contribution in [0.1, 0.15) is 42.1 Å². The number of carbonyl (C=O) groups excluding carboxylic acids is 1. The third-order valence-corrected chi connectivity index (χ3v) is 6.62. The lowest BCUT2D eigenvalue weighted by Gasteiger charge is -2.22. The summed E-state index contributed by atoms with van der Waals surface area (Å²) in [6.45, 7) is 7.30. The van der Waals surface area contributed by atoms with E-state index in [1.165, 1.54) is 0 Å². The minimum Gasteiger partial charge on any atom is -0.382 e. The highest BCUT2D eigenvalue weighted by Crippen LogP contribution is 2.32. The van der Waals surface area contributed by atoms with E-state index in [2.05, 4.69) is 14.9 Å². The lowest BCUT2D eigenvalue weighted by molar-refractivity contribution is 0.0944. The number of amides is 1. The van der Waals surface area contributed by atoms with Crippen LogP contribution in [0.15, 0.2) is 47.4 Å². The standard InChI is InChI=1S/C23H31N3O4S/c1-3-30-16-6-13-24-23(27)19-9-12-22(26-14-4-5-15-26)21(17-19)25-31(28,29)20-10-7-18(2)8-11-20/h7-12,17,25H,3-6,13-16H2,1-2H3,(H,24,27). The van der Waals surface area contributed by atoms with Gasteiger partial charge in [0, 0.05) is 38.4 Å². The van der Waals surface area contributed by atoms with E-state index in [-0.39, 0.29) is 10.8 Å². The number of aryl methyl sites for hydroxylation is 1. The first kappa shape index (κ1) is 23.1. The van der Waals surface area contributed by atoms with Crippen molar-refractivity contribution >= 4 is 27.3 Å². The minimum absolute atomic E-state index is 0.191. The van der Waals surface area contributed by atoms with Gasteiger partial charge in [0.15, 0.2) is 0 Å². The van der Waals surface area contributed by atoms with Crippen LogP contribution in [-0.4, -0.2) is 47.2 Å². The van der Waals surface area contributed by atoms with E-state index in [0.717, 1.165) is 43.6 Å². The molecule has 1 amide bonds. The maximum atomic E-state index is 13.0. The van der Waals surface area contributed by atoms with Crippen molar-refractivity contribution in [3.05, 3.63) is 53.6 Å². The Morgan fingerprint density at radius 3 is 2.48 bits per heavy atom. The molecule has 31 heavy (non-hydrogen) atoms. The van der Waals surface area contributed by atoms with Gasteiger partial charge in [0.1, 0.15) is 0 Å². The van der Waals surface area contributed by atoms with Crippen LogP contribution in [0.25, 0.3) is 0 Å². The van der Waals surface area contributed by atoms with Crippen molar-refractivity contribution in [2.24, 2.45) is 0 Å². The summed E-state index contributed by atoms with van der Waals surface area (Å²) >= 11 is 0. The zero-order valence-electron chi connectivity index (χ0n) is 18.2. The lowest BCUT2D eigenvalue weighted by atomic mass is 10.1. The molecule has 1 fully saturated rings. The van der Waals surface area contributed by atoms with Gasteiger partial charge < -0.3 is 15.0 Å². The number of hydrogen-bond donors (Lipinski definition) is 2. The van der Waals surface area contributed by atoms with Gasteiger partial charge in [0.2, 0.25) is 0 Å². The van der Waals surface area contributed by atoms with Crippen molar-refractivity contribution < 1.29 is 17.9 Å². The second-order valence-corrected chi connectivity index (χ2v) is 9.33. The molecule has 2 N–H and O–H groups in total. The lowest BCUT2D eigenvalue weighted by Crippen LogP contribution is -2.26. The van der Waals surface area contributed by atoms with Crippen LogP contribution in [0.5, 0.6) is 0 Å². The van der Waals surface area contributed by atoms with Crippen LogP contribution < -0.4 is 14.9 Å². The predicted octanol–water partition coefficient (Wildman–Crippen LogP) is 3.55. The molecule has 2 aromatic carbocycles. The Morgan fingerprint density at radius 2 is 1.81 bits per heavy atom. The molecule has 3 rings (SSSR count). The predicted molar refractivity (Wildman–Crippen MR) is 123 cm³/mol. The van der Waals surface area contributed by atoms with Gasteiger partial charge in [0.05, 0.1) is 16.3 Å². The Bertz CT molecular complexity index is 984. The number of sulfonamides is 1. The normalized spacial score (nSPS) is 13.9. The van der Waals surface area contributed by atoms with Crippen LogP contribution in [0.2, 0.25) is 0 Å². The average molecular weight is 446 g/mol. The second kappa shape index (κ2) is 10.6. The first-order chi connectivity index (χ1) is 14.9. The molecule has 0 saturated carbocycles. The molecular formula is C23H31N3O4S.